The van der Waals surface area contributed by atoms with Crippen molar-refractivity contribution in [3.8, 4) is 11.5 Å². The van der Waals surface area contributed by atoms with Crippen LogP contribution in [0.4, 0.5) is 14.5 Å². The van der Waals surface area contributed by atoms with Crippen LogP contribution in [0.3, 0.4) is 0 Å². The van der Waals surface area contributed by atoms with E-state index in [4.69, 9.17) is 9.47 Å². The van der Waals surface area contributed by atoms with E-state index in [0.717, 1.165) is 5.56 Å². The number of para-hydroxylation sites is 2. The summed E-state index contributed by atoms with van der Waals surface area (Å²) in [6.45, 7) is 2.28. The van der Waals surface area contributed by atoms with Crippen molar-refractivity contribution < 1.29 is 32.6 Å². The molecule has 0 bridgehead atoms. The molecule has 0 aromatic heterocycles. The molecule has 6 nitrogen and oxygen atoms in total. The SMILES string of the molecule is CC(C)(C)c1ccc(OCC(=O)OCC(=O)Nc2ccccc2OC(F)F)cc1. The summed E-state index contributed by atoms with van der Waals surface area (Å²) in [6, 6.07) is 13.0. The third kappa shape index (κ3) is 7.40. The number of carbonyl (C=O) groups is 2. The Kier molecular flexibility index (Phi) is 7.52. The number of halogens is 2. The van der Waals surface area contributed by atoms with Crippen LogP contribution in [0.5, 0.6) is 11.5 Å². The lowest BCUT2D eigenvalue weighted by atomic mass is 9.87. The van der Waals surface area contributed by atoms with Gasteiger partial charge in [0.2, 0.25) is 0 Å². The van der Waals surface area contributed by atoms with Crippen LogP contribution in [0, 0.1) is 0 Å². The Balaban J connectivity index is 1.78. The molecular weight excluding hydrogens is 384 g/mol. The zero-order valence-electron chi connectivity index (χ0n) is 16.4. The van der Waals surface area contributed by atoms with Crippen molar-refractivity contribution in [3.05, 3.63) is 54.1 Å². The number of carbonyl (C=O) groups excluding carboxylic acids is 2. The van der Waals surface area contributed by atoms with Gasteiger partial charge in [-0.15, -0.1) is 0 Å². The van der Waals surface area contributed by atoms with Gasteiger partial charge in [0.15, 0.2) is 13.2 Å². The van der Waals surface area contributed by atoms with E-state index in [1.54, 1.807) is 18.2 Å². The minimum atomic E-state index is -3.03. The number of benzene rings is 2. The first-order valence-electron chi connectivity index (χ1n) is 8.88. The molecule has 2 aromatic rings. The van der Waals surface area contributed by atoms with Crippen molar-refractivity contribution in [3.63, 3.8) is 0 Å². The van der Waals surface area contributed by atoms with Crippen LogP contribution in [0.2, 0.25) is 0 Å². The Labute approximate surface area is 167 Å². The number of hydrogen-bond acceptors (Lipinski definition) is 5. The van der Waals surface area contributed by atoms with E-state index in [1.807, 2.05) is 12.1 Å². The van der Waals surface area contributed by atoms with Crippen molar-refractivity contribution in [2.24, 2.45) is 0 Å². The molecule has 156 valence electrons. The van der Waals surface area contributed by atoms with Crippen molar-refractivity contribution >= 4 is 17.6 Å². The third-order valence-electron chi connectivity index (χ3n) is 3.82. The second kappa shape index (κ2) is 9.86. The van der Waals surface area contributed by atoms with Crippen LogP contribution in [-0.4, -0.2) is 31.7 Å². The third-order valence-corrected chi connectivity index (χ3v) is 3.82. The number of esters is 1. The van der Waals surface area contributed by atoms with E-state index in [0.29, 0.717) is 5.75 Å². The standard InChI is InChI=1S/C21H23F2NO5/c1-21(2,3)14-8-10-15(11-9-14)27-13-19(26)28-12-18(25)24-16-6-4-5-7-17(16)29-20(22)23/h4-11,20H,12-13H2,1-3H3,(H,24,25). The maximum Gasteiger partial charge on any atom is 0.387 e. The van der Waals surface area contributed by atoms with E-state index in [2.05, 4.69) is 30.8 Å². The Morgan fingerprint density at radius 1 is 1.00 bits per heavy atom. The van der Waals surface area contributed by atoms with Crippen molar-refractivity contribution in [2.45, 2.75) is 32.8 Å². The lowest BCUT2D eigenvalue weighted by Crippen LogP contribution is -2.24. The molecule has 0 aliphatic carbocycles. The normalized spacial score (nSPS) is 11.1. The van der Waals surface area contributed by atoms with Crippen molar-refractivity contribution in [2.75, 3.05) is 18.5 Å². The fraction of sp³-hybridized carbons (Fsp3) is 0.333. The van der Waals surface area contributed by atoms with Gasteiger partial charge >= 0.3 is 12.6 Å². The lowest BCUT2D eigenvalue weighted by Gasteiger charge is -2.19. The van der Waals surface area contributed by atoms with Gasteiger partial charge in [-0.1, -0.05) is 45.0 Å². The highest BCUT2D eigenvalue weighted by atomic mass is 19.3. The summed E-state index contributed by atoms with van der Waals surface area (Å²) in [5.41, 5.74) is 1.17. The van der Waals surface area contributed by atoms with Gasteiger partial charge in [0.1, 0.15) is 11.5 Å². The van der Waals surface area contributed by atoms with E-state index in [1.165, 1.54) is 18.2 Å². The summed E-state index contributed by atoms with van der Waals surface area (Å²) in [5.74, 6) is -1.13. The summed E-state index contributed by atoms with van der Waals surface area (Å²) in [5, 5.41) is 2.35. The highest BCUT2D eigenvalue weighted by Crippen LogP contribution is 2.25. The van der Waals surface area contributed by atoms with Gasteiger partial charge in [0, 0.05) is 0 Å². The second-order valence-corrected chi connectivity index (χ2v) is 7.15. The summed E-state index contributed by atoms with van der Waals surface area (Å²) in [7, 11) is 0. The first kappa shape index (κ1) is 22.1. The zero-order chi connectivity index (χ0) is 21.4. The topological polar surface area (TPSA) is 73.9 Å². The quantitative estimate of drug-likeness (QED) is 0.666. The molecule has 0 saturated heterocycles. The van der Waals surface area contributed by atoms with Gasteiger partial charge in [-0.3, -0.25) is 4.79 Å². The minimum absolute atomic E-state index is 0.00376. The largest absolute Gasteiger partial charge is 0.482 e. The predicted octanol–water partition coefficient (Wildman–Crippen LogP) is 4.15. The summed E-state index contributed by atoms with van der Waals surface area (Å²) < 4.78 is 39.2. The summed E-state index contributed by atoms with van der Waals surface area (Å²) in [6.07, 6.45) is 0. The number of hydrogen-bond donors (Lipinski definition) is 1. The Morgan fingerprint density at radius 2 is 1.66 bits per heavy atom. The van der Waals surface area contributed by atoms with E-state index in [9.17, 15) is 18.4 Å². The highest BCUT2D eigenvalue weighted by Gasteiger charge is 2.15. The number of ether oxygens (including phenoxy) is 3. The minimum Gasteiger partial charge on any atom is -0.482 e. The number of nitrogens with one attached hydrogen (secondary N) is 1. The van der Waals surface area contributed by atoms with E-state index >= 15 is 0 Å². The van der Waals surface area contributed by atoms with Gasteiger partial charge < -0.3 is 19.5 Å². The van der Waals surface area contributed by atoms with E-state index in [-0.39, 0.29) is 23.5 Å². The Hall–Kier alpha value is -3.16. The van der Waals surface area contributed by atoms with Crippen LogP contribution < -0.4 is 14.8 Å². The average molecular weight is 407 g/mol. The smallest absolute Gasteiger partial charge is 0.387 e. The highest BCUT2D eigenvalue weighted by molar-refractivity contribution is 5.94. The molecule has 0 unspecified atom stereocenters. The Morgan fingerprint density at radius 3 is 2.28 bits per heavy atom. The van der Waals surface area contributed by atoms with Gasteiger partial charge in [-0.25, -0.2) is 4.79 Å². The molecule has 8 heteroatoms. The molecule has 0 atom stereocenters. The lowest BCUT2D eigenvalue weighted by molar-refractivity contribution is -0.149. The maximum absolute atomic E-state index is 12.4. The fourth-order valence-electron chi connectivity index (χ4n) is 2.34. The monoisotopic (exact) mass is 407 g/mol. The van der Waals surface area contributed by atoms with Crippen LogP contribution in [-0.2, 0) is 19.7 Å². The molecule has 0 radical (unpaired) electrons. The Bertz CT molecular complexity index is 832. The van der Waals surface area contributed by atoms with Crippen LogP contribution in [0.15, 0.2) is 48.5 Å². The van der Waals surface area contributed by atoms with Crippen LogP contribution in [0.1, 0.15) is 26.3 Å². The second-order valence-electron chi connectivity index (χ2n) is 7.15. The molecule has 29 heavy (non-hydrogen) atoms. The van der Waals surface area contributed by atoms with Gasteiger partial charge in [0.05, 0.1) is 5.69 Å². The molecule has 1 N–H and O–H groups in total. The fourth-order valence-corrected chi connectivity index (χ4v) is 2.34. The molecule has 0 saturated carbocycles. The predicted molar refractivity (Wildman–Crippen MR) is 103 cm³/mol. The molecule has 2 aromatic carbocycles. The molecule has 0 aliphatic rings. The first-order chi connectivity index (χ1) is 13.6. The molecule has 2 rings (SSSR count). The molecule has 0 spiro atoms. The van der Waals surface area contributed by atoms with Crippen LogP contribution >= 0.6 is 0 Å². The van der Waals surface area contributed by atoms with Crippen molar-refractivity contribution in [1.82, 2.24) is 0 Å². The molecule has 1 amide bonds. The van der Waals surface area contributed by atoms with Crippen molar-refractivity contribution in [1.29, 1.82) is 0 Å². The summed E-state index contributed by atoms with van der Waals surface area (Å²) in [4.78, 5) is 23.6. The molecular formula is C21H23F2NO5. The number of amides is 1. The number of alkyl halides is 2. The summed E-state index contributed by atoms with van der Waals surface area (Å²) >= 11 is 0. The molecule has 0 aliphatic heterocycles. The van der Waals surface area contributed by atoms with Gasteiger partial charge in [-0.05, 0) is 35.2 Å². The van der Waals surface area contributed by atoms with Gasteiger partial charge in [0.25, 0.3) is 5.91 Å². The first-order valence-corrected chi connectivity index (χ1v) is 8.88. The zero-order valence-corrected chi connectivity index (χ0v) is 16.4. The molecule has 0 heterocycles. The van der Waals surface area contributed by atoms with E-state index < -0.39 is 25.1 Å². The molecule has 0 fully saturated rings. The number of rotatable bonds is 8. The van der Waals surface area contributed by atoms with Crippen LogP contribution in [0.25, 0.3) is 0 Å². The average Bonchev–Trinajstić information content (AvgIpc) is 2.65. The maximum atomic E-state index is 12.4. The number of anilines is 1. The van der Waals surface area contributed by atoms with Gasteiger partial charge in [-0.2, -0.15) is 8.78 Å².